The normalized spacial score (nSPS) is 10.2. The molecule has 0 aliphatic rings. The number of aryl methyl sites for hydroxylation is 1. The summed E-state index contributed by atoms with van der Waals surface area (Å²) in [5.74, 6) is -1.11. The fourth-order valence-electron chi connectivity index (χ4n) is 1.86. The molecule has 0 aromatic heterocycles. The molecular weight excluding hydrogens is 256 g/mol. The Morgan fingerprint density at radius 2 is 2.10 bits per heavy atom. The fraction of sp³-hybridized carbons (Fsp3) is 0.467. The van der Waals surface area contributed by atoms with E-state index in [1.165, 1.54) is 4.90 Å². The molecule has 2 amide bonds. The van der Waals surface area contributed by atoms with Gasteiger partial charge in [0.1, 0.15) is 0 Å². The van der Waals surface area contributed by atoms with Crippen molar-refractivity contribution in [2.45, 2.75) is 20.3 Å². The zero-order valence-corrected chi connectivity index (χ0v) is 12.3. The van der Waals surface area contributed by atoms with Crippen LogP contribution in [0.4, 0.5) is 5.69 Å². The number of benzene rings is 1. The Morgan fingerprint density at radius 1 is 1.35 bits per heavy atom. The lowest BCUT2D eigenvalue weighted by molar-refractivity contribution is -0.137. The number of methoxy groups -OCH3 is 1. The third-order valence-electron chi connectivity index (χ3n) is 2.88. The number of hydrogen-bond acceptors (Lipinski definition) is 3. The van der Waals surface area contributed by atoms with E-state index < -0.39 is 11.8 Å². The summed E-state index contributed by atoms with van der Waals surface area (Å²) in [7, 11) is 1.60. The van der Waals surface area contributed by atoms with Crippen LogP contribution in [0.25, 0.3) is 0 Å². The Morgan fingerprint density at radius 3 is 2.70 bits per heavy atom. The molecule has 0 aliphatic carbocycles. The smallest absolute Gasteiger partial charge is 0.316 e. The van der Waals surface area contributed by atoms with Crippen LogP contribution in [0.15, 0.2) is 24.3 Å². The molecule has 5 nitrogen and oxygen atoms in total. The maximum absolute atomic E-state index is 12.1. The largest absolute Gasteiger partial charge is 0.385 e. The standard InChI is InChI=1S/C15H22N2O3/c1-4-17(13-8-5-7-12(2)11-13)15(19)14(18)16-9-6-10-20-3/h5,7-8,11H,4,6,9-10H2,1-3H3,(H,16,18). The summed E-state index contributed by atoms with van der Waals surface area (Å²) in [5.41, 5.74) is 1.79. The molecule has 0 unspecified atom stereocenters. The molecule has 110 valence electrons. The van der Waals surface area contributed by atoms with Crippen molar-refractivity contribution in [2.24, 2.45) is 0 Å². The highest BCUT2D eigenvalue weighted by Gasteiger charge is 2.21. The lowest BCUT2D eigenvalue weighted by Crippen LogP contribution is -2.43. The Hall–Kier alpha value is -1.88. The van der Waals surface area contributed by atoms with Gasteiger partial charge in [-0.3, -0.25) is 9.59 Å². The second-order valence-electron chi connectivity index (χ2n) is 4.49. The Labute approximate surface area is 119 Å². The summed E-state index contributed by atoms with van der Waals surface area (Å²) in [6.45, 7) is 5.24. The number of nitrogens with zero attached hydrogens (tertiary/aromatic N) is 1. The number of hydrogen-bond donors (Lipinski definition) is 1. The van der Waals surface area contributed by atoms with Gasteiger partial charge in [0, 0.05) is 32.5 Å². The van der Waals surface area contributed by atoms with Crippen LogP contribution < -0.4 is 10.2 Å². The molecule has 0 spiro atoms. The second-order valence-corrected chi connectivity index (χ2v) is 4.49. The van der Waals surface area contributed by atoms with Gasteiger partial charge in [0.15, 0.2) is 0 Å². The third kappa shape index (κ3) is 4.66. The molecule has 0 radical (unpaired) electrons. The van der Waals surface area contributed by atoms with Crippen LogP contribution in [0.3, 0.4) is 0 Å². The van der Waals surface area contributed by atoms with Gasteiger partial charge in [0.05, 0.1) is 0 Å². The molecule has 20 heavy (non-hydrogen) atoms. The molecule has 0 heterocycles. The lowest BCUT2D eigenvalue weighted by Gasteiger charge is -2.20. The first-order valence-corrected chi connectivity index (χ1v) is 6.75. The molecule has 1 N–H and O–H groups in total. The van der Waals surface area contributed by atoms with E-state index in [0.717, 1.165) is 11.3 Å². The van der Waals surface area contributed by atoms with Crippen molar-refractivity contribution in [3.8, 4) is 0 Å². The van der Waals surface area contributed by atoms with Gasteiger partial charge in [-0.25, -0.2) is 0 Å². The van der Waals surface area contributed by atoms with E-state index in [1.54, 1.807) is 7.11 Å². The number of anilines is 1. The van der Waals surface area contributed by atoms with Crippen LogP contribution in [-0.2, 0) is 14.3 Å². The topological polar surface area (TPSA) is 58.6 Å². The van der Waals surface area contributed by atoms with Gasteiger partial charge < -0.3 is 15.0 Å². The van der Waals surface area contributed by atoms with Gasteiger partial charge in [-0.1, -0.05) is 12.1 Å². The first kappa shape index (κ1) is 16.2. The van der Waals surface area contributed by atoms with E-state index in [9.17, 15) is 9.59 Å². The SMILES string of the molecule is CCN(C(=O)C(=O)NCCCOC)c1cccc(C)c1. The predicted molar refractivity (Wildman–Crippen MR) is 78.7 cm³/mol. The molecule has 0 atom stereocenters. The Kier molecular flexibility index (Phi) is 6.73. The molecule has 5 heteroatoms. The summed E-state index contributed by atoms with van der Waals surface area (Å²) >= 11 is 0. The van der Waals surface area contributed by atoms with Crippen LogP contribution in [0.1, 0.15) is 18.9 Å². The third-order valence-corrected chi connectivity index (χ3v) is 2.88. The van der Waals surface area contributed by atoms with E-state index in [-0.39, 0.29) is 0 Å². The quantitative estimate of drug-likeness (QED) is 0.633. The molecule has 0 fully saturated rings. The molecule has 1 aromatic carbocycles. The van der Waals surface area contributed by atoms with Crippen molar-refractivity contribution in [3.63, 3.8) is 0 Å². The highest BCUT2D eigenvalue weighted by molar-refractivity contribution is 6.40. The number of amides is 2. The molecule has 1 rings (SSSR count). The van der Waals surface area contributed by atoms with Gasteiger partial charge in [-0.15, -0.1) is 0 Å². The summed E-state index contributed by atoms with van der Waals surface area (Å²) in [4.78, 5) is 25.4. The van der Waals surface area contributed by atoms with Gasteiger partial charge >= 0.3 is 11.8 Å². The minimum Gasteiger partial charge on any atom is -0.385 e. The van der Waals surface area contributed by atoms with Gasteiger partial charge in [-0.05, 0) is 38.0 Å². The summed E-state index contributed by atoms with van der Waals surface area (Å²) in [5, 5.41) is 2.61. The van der Waals surface area contributed by atoms with Crippen molar-refractivity contribution in [1.29, 1.82) is 0 Å². The maximum Gasteiger partial charge on any atom is 0.316 e. The van der Waals surface area contributed by atoms with E-state index in [2.05, 4.69) is 5.32 Å². The van der Waals surface area contributed by atoms with E-state index in [1.807, 2.05) is 38.1 Å². The maximum atomic E-state index is 12.1. The molecule has 0 saturated heterocycles. The zero-order valence-electron chi connectivity index (χ0n) is 12.3. The van der Waals surface area contributed by atoms with Gasteiger partial charge in [0.25, 0.3) is 0 Å². The first-order valence-electron chi connectivity index (χ1n) is 6.75. The first-order chi connectivity index (χ1) is 9.60. The lowest BCUT2D eigenvalue weighted by atomic mass is 10.2. The van der Waals surface area contributed by atoms with Crippen LogP contribution in [0, 0.1) is 6.92 Å². The Bertz CT molecular complexity index is 460. The number of rotatable bonds is 6. The van der Waals surface area contributed by atoms with Crippen molar-refractivity contribution >= 4 is 17.5 Å². The van der Waals surface area contributed by atoms with Crippen molar-refractivity contribution in [3.05, 3.63) is 29.8 Å². The number of carbonyl (C=O) groups excluding carboxylic acids is 2. The Balaban J connectivity index is 2.65. The van der Waals surface area contributed by atoms with Crippen LogP contribution in [-0.4, -0.2) is 38.6 Å². The van der Waals surface area contributed by atoms with E-state index in [4.69, 9.17) is 4.74 Å². The van der Waals surface area contributed by atoms with Crippen LogP contribution in [0.2, 0.25) is 0 Å². The van der Waals surface area contributed by atoms with Crippen molar-refractivity contribution < 1.29 is 14.3 Å². The highest BCUT2D eigenvalue weighted by Crippen LogP contribution is 2.15. The second kappa shape index (κ2) is 8.32. The molecule has 1 aromatic rings. The van der Waals surface area contributed by atoms with Crippen LogP contribution in [0.5, 0.6) is 0 Å². The number of carbonyl (C=O) groups is 2. The minimum atomic E-state index is -0.579. The zero-order chi connectivity index (χ0) is 15.0. The summed E-state index contributed by atoms with van der Waals surface area (Å²) in [6, 6.07) is 7.54. The highest BCUT2D eigenvalue weighted by atomic mass is 16.5. The predicted octanol–water partition coefficient (Wildman–Crippen LogP) is 1.50. The molecular formula is C15H22N2O3. The van der Waals surface area contributed by atoms with E-state index in [0.29, 0.717) is 26.1 Å². The summed E-state index contributed by atoms with van der Waals surface area (Å²) in [6.07, 6.45) is 0.687. The van der Waals surface area contributed by atoms with Crippen LogP contribution >= 0.6 is 0 Å². The molecule has 0 aliphatic heterocycles. The minimum absolute atomic E-state index is 0.434. The number of ether oxygens (including phenoxy) is 1. The average Bonchev–Trinajstić information content (AvgIpc) is 2.44. The monoisotopic (exact) mass is 278 g/mol. The number of likely N-dealkylation sites (N-methyl/N-ethyl adjacent to an activating group) is 1. The number of nitrogens with one attached hydrogen (secondary N) is 1. The van der Waals surface area contributed by atoms with Gasteiger partial charge in [-0.2, -0.15) is 0 Å². The van der Waals surface area contributed by atoms with E-state index >= 15 is 0 Å². The van der Waals surface area contributed by atoms with Crippen molar-refractivity contribution in [2.75, 3.05) is 31.7 Å². The molecule has 0 bridgehead atoms. The van der Waals surface area contributed by atoms with Crippen molar-refractivity contribution in [1.82, 2.24) is 5.32 Å². The fourth-order valence-corrected chi connectivity index (χ4v) is 1.86. The average molecular weight is 278 g/mol. The summed E-state index contributed by atoms with van der Waals surface area (Å²) < 4.78 is 4.89. The molecule has 0 saturated carbocycles. The van der Waals surface area contributed by atoms with Gasteiger partial charge in [0.2, 0.25) is 0 Å².